The molecule has 4 nitrogen and oxygen atoms in total. The fourth-order valence-corrected chi connectivity index (χ4v) is 2.83. The molecule has 2 atom stereocenters. The third-order valence-electron chi connectivity index (χ3n) is 4.63. The van der Waals surface area contributed by atoms with Crippen molar-refractivity contribution in [1.82, 2.24) is 10.2 Å². The van der Waals surface area contributed by atoms with Gasteiger partial charge >= 0.3 is 0 Å². The highest BCUT2D eigenvalue weighted by Gasteiger charge is 2.26. The third kappa shape index (κ3) is 6.40. The van der Waals surface area contributed by atoms with Gasteiger partial charge in [0.1, 0.15) is 6.04 Å². The number of benzene rings is 2. The molecule has 5 heteroatoms. The minimum absolute atomic E-state index is 0.0709. The maximum atomic E-state index is 13.0. The maximum Gasteiger partial charge on any atom is 0.242 e. The molecule has 2 rings (SSSR count). The van der Waals surface area contributed by atoms with Crippen LogP contribution in [0.3, 0.4) is 0 Å². The van der Waals surface area contributed by atoms with Crippen molar-refractivity contribution in [2.24, 2.45) is 0 Å². The Bertz CT molecular complexity index is 747. The molecule has 0 spiro atoms. The molecule has 144 valence electrons. The lowest BCUT2D eigenvalue weighted by Crippen LogP contribution is -2.49. The molecule has 27 heavy (non-hydrogen) atoms. The van der Waals surface area contributed by atoms with Crippen LogP contribution in [0.25, 0.3) is 0 Å². The zero-order valence-electron chi connectivity index (χ0n) is 16.1. The van der Waals surface area contributed by atoms with Crippen LogP contribution in [0.15, 0.2) is 54.6 Å². The first-order valence-electron chi connectivity index (χ1n) is 9.29. The maximum absolute atomic E-state index is 13.0. The molecule has 2 amide bonds. The third-order valence-corrected chi connectivity index (χ3v) is 4.88. The van der Waals surface area contributed by atoms with E-state index in [2.05, 4.69) is 5.32 Å². The molecule has 0 fully saturated rings. The van der Waals surface area contributed by atoms with Gasteiger partial charge in [0.25, 0.3) is 0 Å². The number of nitrogens with zero attached hydrogens (tertiary/aromatic N) is 1. The summed E-state index contributed by atoms with van der Waals surface area (Å²) in [6, 6.07) is 16.4. The van der Waals surface area contributed by atoms with E-state index in [0.717, 1.165) is 17.5 Å². The standard InChI is InChI=1S/C22H27ClN2O2/c1-4-16(2)24-22(27)17(3)25(15-19-10-12-20(23)13-11-19)21(26)14-18-8-6-5-7-9-18/h5-13,16-17H,4,14-15H2,1-3H3,(H,24,27)/t16-,17-/m0/s1. The lowest BCUT2D eigenvalue weighted by Gasteiger charge is -2.30. The summed E-state index contributed by atoms with van der Waals surface area (Å²) in [7, 11) is 0. The fraction of sp³-hybridized carbons (Fsp3) is 0.364. The van der Waals surface area contributed by atoms with Crippen LogP contribution in [0.4, 0.5) is 0 Å². The predicted octanol–water partition coefficient (Wildman–Crippen LogP) is 4.21. The second-order valence-electron chi connectivity index (χ2n) is 6.80. The van der Waals surface area contributed by atoms with Crippen LogP contribution >= 0.6 is 11.6 Å². The first-order chi connectivity index (χ1) is 12.9. The number of carbonyl (C=O) groups excluding carboxylic acids is 2. The number of carbonyl (C=O) groups is 2. The molecule has 0 aromatic heterocycles. The Balaban J connectivity index is 2.19. The number of hydrogen-bond donors (Lipinski definition) is 1. The van der Waals surface area contributed by atoms with Gasteiger partial charge in [0, 0.05) is 17.6 Å². The number of rotatable bonds is 8. The van der Waals surface area contributed by atoms with E-state index in [1.807, 2.05) is 56.3 Å². The number of amides is 2. The summed E-state index contributed by atoms with van der Waals surface area (Å²) in [5.41, 5.74) is 1.86. The van der Waals surface area contributed by atoms with Crippen LogP contribution < -0.4 is 5.32 Å². The molecule has 0 heterocycles. The Hall–Kier alpha value is -2.33. The second kappa shape index (κ2) is 10.1. The molecule has 0 bridgehead atoms. The molecule has 0 aliphatic rings. The summed E-state index contributed by atoms with van der Waals surface area (Å²) in [4.78, 5) is 27.3. The molecule has 0 radical (unpaired) electrons. The van der Waals surface area contributed by atoms with Crippen LogP contribution in [-0.4, -0.2) is 28.8 Å². The van der Waals surface area contributed by atoms with Crippen molar-refractivity contribution < 1.29 is 9.59 Å². The van der Waals surface area contributed by atoms with Gasteiger partial charge in [-0.3, -0.25) is 9.59 Å². The molecular formula is C22H27ClN2O2. The van der Waals surface area contributed by atoms with Gasteiger partial charge in [-0.25, -0.2) is 0 Å². The molecule has 0 aliphatic heterocycles. The summed E-state index contributed by atoms with van der Waals surface area (Å²) in [6.07, 6.45) is 1.10. The molecule has 0 aliphatic carbocycles. The van der Waals surface area contributed by atoms with E-state index in [9.17, 15) is 9.59 Å². The van der Waals surface area contributed by atoms with Crippen LogP contribution in [0.1, 0.15) is 38.3 Å². The van der Waals surface area contributed by atoms with Crippen LogP contribution in [-0.2, 0) is 22.6 Å². The van der Waals surface area contributed by atoms with Gasteiger partial charge < -0.3 is 10.2 Å². The van der Waals surface area contributed by atoms with Crippen molar-refractivity contribution in [2.75, 3.05) is 0 Å². The zero-order chi connectivity index (χ0) is 19.8. The summed E-state index contributed by atoms with van der Waals surface area (Å²) < 4.78 is 0. The predicted molar refractivity (Wildman–Crippen MR) is 110 cm³/mol. The van der Waals surface area contributed by atoms with Crippen LogP contribution in [0.2, 0.25) is 5.02 Å². The fourth-order valence-electron chi connectivity index (χ4n) is 2.71. The van der Waals surface area contributed by atoms with Gasteiger partial charge in [-0.2, -0.15) is 0 Å². The molecule has 2 aromatic rings. The number of nitrogens with one attached hydrogen (secondary N) is 1. The molecular weight excluding hydrogens is 360 g/mol. The second-order valence-corrected chi connectivity index (χ2v) is 7.24. The molecule has 0 unspecified atom stereocenters. The van der Waals surface area contributed by atoms with Gasteiger partial charge in [0.2, 0.25) is 11.8 Å². The van der Waals surface area contributed by atoms with E-state index in [4.69, 9.17) is 11.6 Å². The average molecular weight is 387 g/mol. The highest BCUT2D eigenvalue weighted by Crippen LogP contribution is 2.15. The van der Waals surface area contributed by atoms with Gasteiger partial charge in [-0.1, -0.05) is 61.0 Å². The van der Waals surface area contributed by atoms with Crippen molar-refractivity contribution in [1.29, 1.82) is 0 Å². The number of halogens is 1. The monoisotopic (exact) mass is 386 g/mol. The first-order valence-corrected chi connectivity index (χ1v) is 9.66. The number of hydrogen-bond acceptors (Lipinski definition) is 2. The highest BCUT2D eigenvalue weighted by molar-refractivity contribution is 6.30. The van der Waals surface area contributed by atoms with E-state index in [-0.39, 0.29) is 24.3 Å². The topological polar surface area (TPSA) is 49.4 Å². The zero-order valence-corrected chi connectivity index (χ0v) is 16.9. The summed E-state index contributed by atoms with van der Waals surface area (Å²) >= 11 is 5.96. The van der Waals surface area contributed by atoms with E-state index in [1.165, 1.54) is 0 Å². The van der Waals surface area contributed by atoms with Gasteiger partial charge in [-0.05, 0) is 43.5 Å². The van der Waals surface area contributed by atoms with E-state index >= 15 is 0 Å². The van der Waals surface area contributed by atoms with Crippen molar-refractivity contribution in [3.05, 3.63) is 70.7 Å². The minimum Gasteiger partial charge on any atom is -0.352 e. The van der Waals surface area contributed by atoms with E-state index in [1.54, 1.807) is 24.0 Å². The van der Waals surface area contributed by atoms with Gasteiger partial charge in [-0.15, -0.1) is 0 Å². The first kappa shape index (κ1) is 21.0. The Morgan fingerprint density at radius 2 is 1.63 bits per heavy atom. The SMILES string of the molecule is CC[C@H](C)NC(=O)[C@H](C)N(Cc1ccc(Cl)cc1)C(=O)Cc1ccccc1. The van der Waals surface area contributed by atoms with Crippen LogP contribution in [0.5, 0.6) is 0 Å². The lowest BCUT2D eigenvalue weighted by molar-refractivity contribution is -0.140. The average Bonchev–Trinajstić information content (AvgIpc) is 2.67. The molecule has 2 aromatic carbocycles. The van der Waals surface area contributed by atoms with E-state index < -0.39 is 6.04 Å². The molecule has 0 saturated heterocycles. The van der Waals surface area contributed by atoms with E-state index in [0.29, 0.717) is 11.6 Å². The van der Waals surface area contributed by atoms with Crippen molar-refractivity contribution in [3.8, 4) is 0 Å². The highest BCUT2D eigenvalue weighted by atomic mass is 35.5. The smallest absolute Gasteiger partial charge is 0.242 e. The largest absolute Gasteiger partial charge is 0.352 e. The van der Waals surface area contributed by atoms with Gasteiger partial charge in [0.15, 0.2) is 0 Å². The summed E-state index contributed by atoms with van der Waals surface area (Å²) in [6.45, 7) is 6.11. The van der Waals surface area contributed by atoms with Crippen molar-refractivity contribution in [3.63, 3.8) is 0 Å². The van der Waals surface area contributed by atoms with Gasteiger partial charge in [0.05, 0.1) is 6.42 Å². The Kier molecular flexibility index (Phi) is 7.86. The minimum atomic E-state index is -0.564. The Labute approximate surface area is 166 Å². The van der Waals surface area contributed by atoms with Crippen LogP contribution in [0, 0.1) is 0 Å². The van der Waals surface area contributed by atoms with Crippen molar-refractivity contribution >= 4 is 23.4 Å². The van der Waals surface area contributed by atoms with Crippen molar-refractivity contribution in [2.45, 2.75) is 52.2 Å². The Morgan fingerprint density at radius 1 is 1.00 bits per heavy atom. The summed E-state index contributed by atoms with van der Waals surface area (Å²) in [5.74, 6) is -0.220. The molecule has 0 saturated carbocycles. The lowest BCUT2D eigenvalue weighted by atomic mass is 10.1. The summed E-state index contributed by atoms with van der Waals surface area (Å²) in [5, 5.41) is 3.61. The molecule has 1 N–H and O–H groups in total. The normalized spacial score (nSPS) is 12.9. The Morgan fingerprint density at radius 3 is 2.22 bits per heavy atom. The quantitative estimate of drug-likeness (QED) is 0.738.